The van der Waals surface area contributed by atoms with Crippen LogP contribution >= 0.6 is 11.8 Å². The van der Waals surface area contributed by atoms with Gasteiger partial charge in [-0.05, 0) is 25.7 Å². The van der Waals surface area contributed by atoms with E-state index in [9.17, 15) is 9.59 Å². The topological polar surface area (TPSA) is 85.8 Å². The fourth-order valence-corrected chi connectivity index (χ4v) is 3.72. The van der Waals surface area contributed by atoms with Crippen molar-refractivity contribution in [2.24, 2.45) is 10.9 Å². The predicted octanol–water partition coefficient (Wildman–Crippen LogP) is 0.238. The summed E-state index contributed by atoms with van der Waals surface area (Å²) in [6, 6.07) is -0.396. The van der Waals surface area contributed by atoms with E-state index in [2.05, 4.69) is 31.8 Å². The van der Waals surface area contributed by atoms with Gasteiger partial charge in [-0.3, -0.25) is 15.1 Å². The standard InChI is InChI=1S/C16H25N5O2S/c1-4-10-24-11-7-18-14(17-3)21-8-5-12(6-9-21)16(2)13(22)19-15(23)20-16/h1,12H,5-11H2,2-3H3,(H,17,18)(H2,19,20,22,23). The molecule has 0 saturated carbocycles. The molecule has 0 aliphatic carbocycles. The van der Waals surface area contributed by atoms with Gasteiger partial charge in [0.15, 0.2) is 5.96 Å². The molecule has 3 amide bonds. The molecule has 2 aliphatic rings. The van der Waals surface area contributed by atoms with Gasteiger partial charge in [0, 0.05) is 32.4 Å². The van der Waals surface area contributed by atoms with Gasteiger partial charge in [0.2, 0.25) is 0 Å². The lowest BCUT2D eigenvalue weighted by atomic mass is 9.79. The van der Waals surface area contributed by atoms with Crippen molar-refractivity contribution in [1.29, 1.82) is 0 Å². The average Bonchev–Trinajstić information content (AvgIpc) is 2.84. The van der Waals surface area contributed by atoms with Crippen LogP contribution in [-0.2, 0) is 4.79 Å². The number of likely N-dealkylation sites (tertiary alicyclic amines) is 1. The van der Waals surface area contributed by atoms with Crippen molar-refractivity contribution in [2.45, 2.75) is 25.3 Å². The number of carbonyl (C=O) groups excluding carboxylic acids is 2. The van der Waals surface area contributed by atoms with E-state index >= 15 is 0 Å². The Morgan fingerprint density at radius 3 is 2.75 bits per heavy atom. The molecule has 0 aromatic heterocycles. The number of nitrogens with one attached hydrogen (secondary N) is 3. The third kappa shape index (κ3) is 4.15. The number of amides is 3. The van der Waals surface area contributed by atoms with Crippen molar-refractivity contribution < 1.29 is 9.59 Å². The van der Waals surface area contributed by atoms with Gasteiger partial charge < -0.3 is 15.5 Å². The summed E-state index contributed by atoms with van der Waals surface area (Å²) < 4.78 is 0. The molecule has 1 atom stereocenters. The van der Waals surface area contributed by atoms with E-state index in [-0.39, 0.29) is 11.8 Å². The first-order chi connectivity index (χ1) is 11.5. The van der Waals surface area contributed by atoms with Crippen molar-refractivity contribution in [3.8, 4) is 12.3 Å². The predicted molar refractivity (Wildman–Crippen MR) is 96.9 cm³/mol. The van der Waals surface area contributed by atoms with Crippen LogP contribution in [0.15, 0.2) is 4.99 Å². The monoisotopic (exact) mass is 351 g/mol. The Balaban J connectivity index is 1.82. The maximum atomic E-state index is 12.0. The van der Waals surface area contributed by atoms with Gasteiger partial charge in [0.25, 0.3) is 5.91 Å². The summed E-state index contributed by atoms with van der Waals surface area (Å²) in [6.07, 6.45) is 6.89. The Labute approximate surface area is 147 Å². The van der Waals surface area contributed by atoms with Crippen LogP contribution in [0.4, 0.5) is 4.79 Å². The highest BCUT2D eigenvalue weighted by molar-refractivity contribution is 7.99. The summed E-state index contributed by atoms with van der Waals surface area (Å²) in [5.41, 5.74) is -0.800. The summed E-state index contributed by atoms with van der Waals surface area (Å²) >= 11 is 1.71. The summed E-state index contributed by atoms with van der Waals surface area (Å²) in [4.78, 5) is 30.0. The number of imide groups is 1. The molecule has 7 nitrogen and oxygen atoms in total. The van der Waals surface area contributed by atoms with E-state index in [1.807, 2.05) is 6.92 Å². The van der Waals surface area contributed by atoms with Gasteiger partial charge in [-0.25, -0.2) is 4.79 Å². The fourth-order valence-electron chi connectivity index (χ4n) is 3.21. The fraction of sp³-hybridized carbons (Fsp3) is 0.688. The first-order valence-electron chi connectivity index (χ1n) is 8.11. The van der Waals surface area contributed by atoms with Crippen LogP contribution in [0.1, 0.15) is 19.8 Å². The first-order valence-corrected chi connectivity index (χ1v) is 9.27. The zero-order chi connectivity index (χ0) is 17.6. The lowest BCUT2D eigenvalue weighted by Gasteiger charge is -2.39. The number of aliphatic imine (C=N–C) groups is 1. The van der Waals surface area contributed by atoms with Crippen molar-refractivity contribution in [3.05, 3.63) is 0 Å². The van der Waals surface area contributed by atoms with E-state index in [4.69, 9.17) is 6.42 Å². The first kappa shape index (κ1) is 18.5. The van der Waals surface area contributed by atoms with Crippen LogP contribution in [0.5, 0.6) is 0 Å². The Morgan fingerprint density at radius 1 is 1.50 bits per heavy atom. The van der Waals surface area contributed by atoms with Gasteiger partial charge >= 0.3 is 6.03 Å². The third-order valence-corrected chi connectivity index (χ3v) is 5.47. The molecule has 24 heavy (non-hydrogen) atoms. The minimum absolute atomic E-state index is 0.129. The van der Waals surface area contributed by atoms with Crippen molar-refractivity contribution in [1.82, 2.24) is 20.9 Å². The number of hydrogen-bond acceptors (Lipinski definition) is 4. The van der Waals surface area contributed by atoms with Gasteiger partial charge in [-0.2, -0.15) is 0 Å². The SMILES string of the molecule is C#CCSCCNC(=NC)N1CCC(C2(C)NC(=O)NC2=O)CC1. The highest BCUT2D eigenvalue weighted by Crippen LogP contribution is 2.30. The van der Waals surface area contributed by atoms with Crippen LogP contribution in [-0.4, -0.2) is 66.5 Å². The summed E-state index contributed by atoms with van der Waals surface area (Å²) in [5.74, 6) is 5.04. The summed E-state index contributed by atoms with van der Waals surface area (Å²) in [5, 5.41) is 8.46. The lowest BCUT2D eigenvalue weighted by molar-refractivity contribution is -0.125. The maximum absolute atomic E-state index is 12.0. The minimum atomic E-state index is -0.800. The van der Waals surface area contributed by atoms with Gasteiger partial charge in [0.05, 0.1) is 5.75 Å². The molecular formula is C16H25N5O2S. The molecule has 0 aromatic rings. The molecule has 0 spiro atoms. The van der Waals surface area contributed by atoms with Crippen molar-refractivity contribution in [3.63, 3.8) is 0 Å². The van der Waals surface area contributed by atoms with E-state index in [1.54, 1.807) is 18.8 Å². The molecule has 2 heterocycles. The molecule has 0 radical (unpaired) electrons. The largest absolute Gasteiger partial charge is 0.355 e. The smallest absolute Gasteiger partial charge is 0.322 e. The number of carbonyl (C=O) groups is 2. The quantitative estimate of drug-likeness (QED) is 0.217. The number of terminal acetylenes is 1. The normalized spacial score (nSPS) is 25.2. The van der Waals surface area contributed by atoms with Crippen LogP contribution in [0, 0.1) is 18.3 Å². The number of urea groups is 1. The van der Waals surface area contributed by atoms with E-state index < -0.39 is 11.6 Å². The molecule has 2 saturated heterocycles. The summed E-state index contributed by atoms with van der Waals surface area (Å²) in [6.45, 7) is 4.24. The highest BCUT2D eigenvalue weighted by atomic mass is 32.2. The molecule has 8 heteroatoms. The zero-order valence-corrected chi connectivity index (χ0v) is 15.0. The maximum Gasteiger partial charge on any atom is 0.322 e. The van der Waals surface area contributed by atoms with E-state index in [1.165, 1.54) is 0 Å². The number of hydrogen-bond donors (Lipinski definition) is 3. The summed E-state index contributed by atoms with van der Waals surface area (Å²) in [7, 11) is 1.77. The molecule has 2 fully saturated rings. The number of nitrogens with zero attached hydrogens (tertiary/aromatic N) is 2. The van der Waals surface area contributed by atoms with Crippen molar-refractivity contribution >= 4 is 29.7 Å². The van der Waals surface area contributed by atoms with Crippen LogP contribution in [0.2, 0.25) is 0 Å². The number of guanidine groups is 1. The molecule has 2 rings (SSSR count). The average molecular weight is 351 g/mol. The van der Waals surface area contributed by atoms with E-state index in [0.29, 0.717) is 0 Å². The number of rotatable bonds is 5. The molecule has 3 N–H and O–H groups in total. The molecule has 132 valence electrons. The molecule has 0 aromatic carbocycles. The van der Waals surface area contributed by atoms with E-state index in [0.717, 1.165) is 49.9 Å². The van der Waals surface area contributed by atoms with Crippen molar-refractivity contribution in [2.75, 3.05) is 38.2 Å². The minimum Gasteiger partial charge on any atom is -0.355 e. The Morgan fingerprint density at radius 2 is 2.21 bits per heavy atom. The second-order valence-corrected chi connectivity index (χ2v) is 7.21. The Kier molecular flexibility index (Phi) is 6.37. The molecular weight excluding hydrogens is 326 g/mol. The Hall–Kier alpha value is -1.88. The van der Waals surface area contributed by atoms with Gasteiger partial charge in [-0.15, -0.1) is 18.2 Å². The number of piperidine rings is 1. The molecule has 1 unspecified atom stereocenters. The lowest BCUT2D eigenvalue weighted by Crippen LogP contribution is -2.55. The molecule has 2 aliphatic heterocycles. The van der Waals surface area contributed by atoms with Crippen LogP contribution < -0.4 is 16.0 Å². The van der Waals surface area contributed by atoms with Crippen LogP contribution in [0.3, 0.4) is 0 Å². The highest BCUT2D eigenvalue weighted by Gasteiger charge is 2.48. The molecule has 0 bridgehead atoms. The van der Waals surface area contributed by atoms with Gasteiger partial charge in [-0.1, -0.05) is 5.92 Å². The van der Waals surface area contributed by atoms with Gasteiger partial charge in [0.1, 0.15) is 5.54 Å². The second kappa shape index (κ2) is 8.29. The zero-order valence-electron chi connectivity index (χ0n) is 14.2. The van der Waals surface area contributed by atoms with Crippen LogP contribution in [0.25, 0.3) is 0 Å². The Bertz CT molecular complexity index is 551. The number of thioether (sulfide) groups is 1. The third-order valence-electron chi connectivity index (χ3n) is 4.61. The second-order valence-electron chi connectivity index (χ2n) is 6.10.